The van der Waals surface area contributed by atoms with Gasteiger partial charge in [-0.05, 0) is 43.7 Å². The van der Waals surface area contributed by atoms with E-state index in [1.807, 2.05) is 28.8 Å². The second-order valence-electron chi connectivity index (χ2n) is 6.89. The highest BCUT2D eigenvalue weighted by atomic mass is 16.5. The Bertz CT molecular complexity index is 734. The first kappa shape index (κ1) is 15.6. The highest BCUT2D eigenvalue weighted by Crippen LogP contribution is 2.39. The molecule has 0 aliphatic heterocycles. The van der Waals surface area contributed by atoms with Crippen molar-refractivity contribution in [3.63, 3.8) is 0 Å². The van der Waals surface area contributed by atoms with E-state index in [1.54, 1.807) is 0 Å². The largest absolute Gasteiger partial charge is 0.389 e. The number of carbonyl (C=O) groups excluding carboxylic acids is 1. The number of pyridine rings is 1. The number of amides is 1. The molecule has 1 atom stereocenters. The number of ether oxygens (including phenoxy) is 1. The van der Waals surface area contributed by atoms with Gasteiger partial charge in [0.25, 0.3) is 5.91 Å². The van der Waals surface area contributed by atoms with Gasteiger partial charge in [-0.2, -0.15) is 0 Å². The predicted octanol–water partition coefficient (Wildman–Crippen LogP) is 1.73. The quantitative estimate of drug-likeness (QED) is 0.773. The van der Waals surface area contributed by atoms with Gasteiger partial charge in [0.2, 0.25) is 0 Å². The molecule has 2 aliphatic carbocycles. The Morgan fingerprint density at radius 3 is 2.96 bits per heavy atom. The van der Waals surface area contributed by atoms with Crippen molar-refractivity contribution >= 4 is 11.4 Å². The molecule has 2 aromatic heterocycles. The second kappa shape index (κ2) is 6.53. The number of hydrogen-bond acceptors (Lipinski definition) is 4. The lowest BCUT2D eigenvalue weighted by Crippen LogP contribution is -2.35. The maximum atomic E-state index is 12.5. The molecule has 2 heterocycles. The van der Waals surface area contributed by atoms with Gasteiger partial charge in [0, 0.05) is 25.3 Å². The number of hydrogen-bond donors (Lipinski definition) is 2. The summed E-state index contributed by atoms with van der Waals surface area (Å²) in [6, 6.07) is 5.76. The zero-order chi connectivity index (χ0) is 16.5. The Hall–Kier alpha value is -1.92. The minimum atomic E-state index is -0.690. The fourth-order valence-corrected chi connectivity index (χ4v) is 2.87. The maximum Gasteiger partial charge on any atom is 0.272 e. The molecular formula is C18H23N3O3. The topological polar surface area (TPSA) is 75.9 Å². The van der Waals surface area contributed by atoms with Crippen LogP contribution in [0.4, 0.5) is 0 Å². The number of imidazole rings is 1. The Kier molecular flexibility index (Phi) is 4.24. The second-order valence-corrected chi connectivity index (χ2v) is 6.89. The summed E-state index contributed by atoms with van der Waals surface area (Å²) in [5.74, 6) is 1.85. The number of carbonyl (C=O) groups is 1. The minimum absolute atomic E-state index is 0.175. The lowest BCUT2D eigenvalue weighted by molar-refractivity contribution is 0.0320. The van der Waals surface area contributed by atoms with Gasteiger partial charge in [-0.15, -0.1) is 0 Å². The van der Waals surface area contributed by atoms with Crippen molar-refractivity contribution in [2.24, 2.45) is 5.92 Å². The smallest absolute Gasteiger partial charge is 0.272 e. The average Bonchev–Trinajstić information content (AvgIpc) is 3.51. The van der Waals surface area contributed by atoms with E-state index in [4.69, 9.17) is 4.74 Å². The zero-order valence-electron chi connectivity index (χ0n) is 13.6. The number of aromatic nitrogens is 2. The first-order chi connectivity index (χ1) is 11.7. The van der Waals surface area contributed by atoms with Crippen LogP contribution in [0.25, 0.3) is 5.52 Å². The summed E-state index contributed by atoms with van der Waals surface area (Å²) in [5.41, 5.74) is 1.25. The van der Waals surface area contributed by atoms with Crippen molar-refractivity contribution in [2.45, 2.75) is 37.7 Å². The minimum Gasteiger partial charge on any atom is -0.389 e. The van der Waals surface area contributed by atoms with Crippen LogP contribution in [-0.2, 0) is 4.74 Å². The molecular weight excluding hydrogens is 306 g/mol. The molecule has 1 amide bonds. The molecule has 128 valence electrons. The van der Waals surface area contributed by atoms with Crippen molar-refractivity contribution in [3.8, 4) is 0 Å². The molecule has 0 radical (unpaired) electrons. The fraction of sp³-hybridized carbons (Fsp3) is 0.556. The van der Waals surface area contributed by atoms with E-state index in [1.165, 1.54) is 12.8 Å². The first-order valence-electron chi connectivity index (χ1n) is 8.73. The SMILES string of the molecule is O=C(NCC(O)COCC1CC1)c1nc(C2CC2)n2ccccc12. The molecule has 0 bridgehead atoms. The molecule has 0 spiro atoms. The van der Waals surface area contributed by atoms with Crippen molar-refractivity contribution < 1.29 is 14.6 Å². The summed E-state index contributed by atoms with van der Waals surface area (Å²) in [5, 5.41) is 12.7. The summed E-state index contributed by atoms with van der Waals surface area (Å²) < 4.78 is 7.45. The van der Waals surface area contributed by atoms with Crippen LogP contribution in [-0.4, -0.2) is 46.3 Å². The number of aliphatic hydroxyl groups is 1. The van der Waals surface area contributed by atoms with Crippen LogP contribution in [0.5, 0.6) is 0 Å². The normalized spacial score (nSPS) is 18.7. The Labute approximate surface area is 140 Å². The third-order valence-corrected chi connectivity index (χ3v) is 4.59. The zero-order valence-corrected chi connectivity index (χ0v) is 13.6. The fourth-order valence-electron chi connectivity index (χ4n) is 2.87. The van der Waals surface area contributed by atoms with Crippen LogP contribution in [0.1, 0.15) is 47.9 Å². The molecule has 6 nitrogen and oxygen atoms in total. The molecule has 6 heteroatoms. The summed E-state index contributed by atoms with van der Waals surface area (Å²) in [7, 11) is 0. The molecule has 1 unspecified atom stereocenters. The molecule has 2 aliphatic rings. The van der Waals surface area contributed by atoms with Crippen LogP contribution in [0.15, 0.2) is 24.4 Å². The molecule has 4 rings (SSSR count). The Morgan fingerprint density at radius 2 is 2.21 bits per heavy atom. The lowest BCUT2D eigenvalue weighted by Gasteiger charge is -2.11. The molecule has 0 saturated heterocycles. The molecule has 0 aromatic carbocycles. The molecule has 2 saturated carbocycles. The highest BCUT2D eigenvalue weighted by Gasteiger charge is 2.30. The molecule has 24 heavy (non-hydrogen) atoms. The first-order valence-corrected chi connectivity index (χ1v) is 8.73. The number of nitrogens with zero attached hydrogens (tertiary/aromatic N) is 2. The lowest BCUT2D eigenvalue weighted by atomic mass is 10.3. The number of fused-ring (bicyclic) bond motifs is 1. The van der Waals surface area contributed by atoms with E-state index in [-0.39, 0.29) is 19.1 Å². The van der Waals surface area contributed by atoms with Crippen molar-refractivity contribution in [1.82, 2.24) is 14.7 Å². The van der Waals surface area contributed by atoms with Crippen LogP contribution in [0.3, 0.4) is 0 Å². The summed E-state index contributed by atoms with van der Waals surface area (Å²) in [6.45, 7) is 1.14. The highest BCUT2D eigenvalue weighted by molar-refractivity contribution is 5.99. The third-order valence-electron chi connectivity index (χ3n) is 4.59. The monoisotopic (exact) mass is 329 g/mol. The summed E-state index contributed by atoms with van der Waals surface area (Å²) in [4.78, 5) is 17.0. The van der Waals surface area contributed by atoms with E-state index in [0.717, 1.165) is 24.2 Å². The molecule has 2 N–H and O–H groups in total. The predicted molar refractivity (Wildman–Crippen MR) is 89.1 cm³/mol. The van der Waals surface area contributed by atoms with E-state index >= 15 is 0 Å². The van der Waals surface area contributed by atoms with Gasteiger partial charge in [-0.1, -0.05) is 6.07 Å². The van der Waals surface area contributed by atoms with E-state index < -0.39 is 6.10 Å². The van der Waals surface area contributed by atoms with Gasteiger partial charge < -0.3 is 19.6 Å². The van der Waals surface area contributed by atoms with Crippen LogP contribution in [0, 0.1) is 5.92 Å². The van der Waals surface area contributed by atoms with Gasteiger partial charge >= 0.3 is 0 Å². The Balaban J connectivity index is 1.38. The third kappa shape index (κ3) is 3.44. The van der Waals surface area contributed by atoms with E-state index in [2.05, 4.69) is 10.3 Å². The Morgan fingerprint density at radius 1 is 1.38 bits per heavy atom. The van der Waals surface area contributed by atoms with Gasteiger partial charge in [0.15, 0.2) is 5.69 Å². The van der Waals surface area contributed by atoms with E-state index in [0.29, 0.717) is 24.1 Å². The maximum absolute atomic E-state index is 12.5. The number of nitrogens with one attached hydrogen (secondary N) is 1. The van der Waals surface area contributed by atoms with Crippen molar-refractivity contribution in [2.75, 3.05) is 19.8 Å². The van der Waals surface area contributed by atoms with Crippen molar-refractivity contribution in [3.05, 3.63) is 35.9 Å². The van der Waals surface area contributed by atoms with Crippen molar-refractivity contribution in [1.29, 1.82) is 0 Å². The van der Waals surface area contributed by atoms with Crippen LogP contribution in [0.2, 0.25) is 0 Å². The molecule has 2 aromatic rings. The summed E-state index contributed by atoms with van der Waals surface area (Å²) in [6.07, 6.45) is 5.98. The van der Waals surface area contributed by atoms with Crippen LogP contribution < -0.4 is 5.32 Å². The standard InChI is InChI=1S/C18H23N3O3/c22-14(11-24-10-12-4-5-12)9-19-18(23)16-15-3-1-2-8-21(15)17(20-16)13-6-7-13/h1-3,8,12-14,22H,4-7,9-11H2,(H,19,23). The van der Waals surface area contributed by atoms with Crippen LogP contribution >= 0.6 is 0 Å². The average molecular weight is 329 g/mol. The number of aliphatic hydroxyl groups excluding tert-OH is 1. The van der Waals surface area contributed by atoms with Gasteiger partial charge in [-0.25, -0.2) is 4.98 Å². The number of rotatable bonds is 8. The van der Waals surface area contributed by atoms with Gasteiger partial charge in [0.05, 0.1) is 18.2 Å². The van der Waals surface area contributed by atoms with Gasteiger partial charge in [-0.3, -0.25) is 4.79 Å². The van der Waals surface area contributed by atoms with E-state index in [9.17, 15) is 9.90 Å². The molecule has 2 fully saturated rings. The summed E-state index contributed by atoms with van der Waals surface area (Å²) >= 11 is 0. The van der Waals surface area contributed by atoms with Gasteiger partial charge in [0.1, 0.15) is 5.82 Å².